The second-order valence-corrected chi connectivity index (χ2v) is 6.36. The van der Waals surface area contributed by atoms with E-state index >= 15 is 0 Å². The van der Waals surface area contributed by atoms with Crippen LogP contribution in [-0.4, -0.2) is 42.8 Å². The first-order valence-electron chi connectivity index (χ1n) is 7.97. The molecule has 1 aliphatic rings. The maximum absolute atomic E-state index is 12.1. The lowest BCUT2D eigenvalue weighted by Gasteiger charge is -2.29. The third kappa shape index (κ3) is 8.41. The highest BCUT2D eigenvalue weighted by molar-refractivity contribution is 5.69. The van der Waals surface area contributed by atoms with Gasteiger partial charge < -0.3 is 15.0 Å². The van der Waals surface area contributed by atoms with Crippen LogP contribution in [0.2, 0.25) is 0 Å². The number of carbonyl (C=O) groups is 1. The number of rotatable bonds is 6. The van der Waals surface area contributed by atoms with Crippen molar-refractivity contribution in [2.45, 2.75) is 72.4 Å². The summed E-state index contributed by atoms with van der Waals surface area (Å²) in [4.78, 5) is 14.1. The van der Waals surface area contributed by atoms with Crippen LogP contribution in [0.3, 0.4) is 0 Å². The van der Waals surface area contributed by atoms with E-state index < -0.39 is 5.60 Å². The summed E-state index contributed by atoms with van der Waals surface area (Å²) in [5.74, 6) is 0.505. The molecule has 4 nitrogen and oxygen atoms in total. The van der Waals surface area contributed by atoms with Crippen molar-refractivity contribution in [1.82, 2.24) is 10.2 Å². The molecule has 1 amide bonds. The number of nitrogens with zero attached hydrogens (tertiary/aromatic N) is 1. The Morgan fingerprint density at radius 3 is 2.35 bits per heavy atom. The first-order valence-corrected chi connectivity index (χ1v) is 7.97. The number of hydrogen-bond acceptors (Lipinski definition) is 3. The maximum atomic E-state index is 12.1. The quantitative estimate of drug-likeness (QED) is 0.806. The van der Waals surface area contributed by atoms with Crippen LogP contribution < -0.4 is 5.32 Å². The lowest BCUT2D eigenvalue weighted by Crippen LogP contribution is -2.40. The summed E-state index contributed by atoms with van der Waals surface area (Å²) in [5, 5.41) is 3.15. The fraction of sp³-hybridized carbons (Fsp3) is 0.938. The molecule has 4 heteroatoms. The van der Waals surface area contributed by atoms with Gasteiger partial charge in [0.15, 0.2) is 0 Å². The Morgan fingerprint density at radius 1 is 1.40 bits per heavy atom. The summed E-state index contributed by atoms with van der Waals surface area (Å²) in [6.07, 6.45) is 3.18. The van der Waals surface area contributed by atoms with Gasteiger partial charge in [0.25, 0.3) is 0 Å². The number of amides is 1. The Morgan fingerprint density at radius 2 is 1.95 bits per heavy atom. The van der Waals surface area contributed by atoms with E-state index in [1.807, 2.05) is 46.6 Å². The van der Waals surface area contributed by atoms with Gasteiger partial charge in [-0.25, -0.2) is 4.79 Å². The zero-order valence-electron chi connectivity index (χ0n) is 14.5. The van der Waals surface area contributed by atoms with Crippen molar-refractivity contribution >= 4 is 6.09 Å². The van der Waals surface area contributed by atoms with Crippen LogP contribution in [0.25, 0.3) is 0 Å². The molecular formula is C16H36N2O2. The predicted molar refractivity (Wildman–Crippen MR) is 87.1 cm³/mol. The van der Waals surface area contributed by atoms with Crippen molar-refractivity contribution in [3.63, 3.8) is 0 Å². The molecule has 0 saturated heterocycles. The van der Waals surface area contributed by atoms with Crippen molar-refractivity contribution in [3.05, 3.63) is 0 Å². The fourth-order valence-electron chi connectivity index (χ4n) is 1.90. The minimum absolute atomic E-state index is 0. The number of ether oxygens (including phenoxy) is 1. The minimum atomic E-state index is -0.404. The second kappa shape index (κ2) is 9.22. The molecule has 0 radical (unpaired) electrons. The SMILES string of the molecule is CC.CNCCC(C)CN(C(=O)OC(C)(C)C)C1CC1.[HH]. The molecule has 0 spiro atoms. The Hall–Kier alpha value is -0.770. The minimum Gasteiger partial charge on any atom is -0.444 e. The molecule has 1 unspecified atom stereocenters. The van der Waals surface area contributed by atoms with Gasteiger partial charge in [-0.1, -0.05) is 20.8 Å². The average molecular weight is 288 g/mol. The van der Waals surface area contributed by atoms with Crippen molar-refractivity contribution in [3.8, 4) is 0 Å². The van der Waals surface area contributed by atoms with Gasteiger partial charge in [0, 0.05) is 14.0 Å². The van der Waals surface area contributed by atoms with Crippen molar-refractivity contribution in [2.75, 3.05) is 20.1 Å². The van der Waals surface area contributed by atoms with Gasteiger partial charge in [0.1, 0.15) is 5.60 Å². The topological polar surface area (TPSA) is 41.6 Å². The molecule has 0 heterocycles. The summed E-state index contributed by atoms with van der Waals surface area (Å²) < 4.78 is 5.48. The monoisotopic (exact) mass is 288 g/mol. The van der Waals surface area contributed by atoms with E-state index in [4.69, 9.17) is 4.74 Å². The Kier molecular flexibility index (Phi) is 8.86. The fourth-order valence-corrected chi connectivity index (χ4v) is 1.90. The molecule has 0 aromatic heterocycles. The summed E-state index contributed by atoms with van der Waals surface area (Å²) in [7, 11) is 1.96. The van der Waals surface area contributed by atoms with E-state index in [0.717, 1.165) is 32.4 Å². The molecule has 122 valence electrons. The van der Waals surface area contributed by atoms with Crippen molar-refractivity contribution in [1.29, 1.82) is 0 Å². The molecule has 0 aromatic carbocycles. The maximum Gasteiger partial charge on any atom is 0.410 e. The summed E-state index contributed by atoms with van der Waals surface area (Å²) >= 11 is 0. The van der Waals surface area contributed by atoms with E-state index in [1.165, 1.54) is 0 Å². The van der Waals surface area contributed by atoms with Crippen LogP contribution in [0.4, 0.5) is 4.79 Å². The summed E-state index contributed by atoms with van der Waals surface area (Å²) in [6, 6.07) is 0.414. The predicted octanol–water partition coefficient (Wildman–Crippen LogP) is 3.90. The molecule has 1 atom stereocenters. The number of hydrogen-bond donors (Lipinski definition) is 1. The third-order valence-electron chi connectivity index (χ3n) is 3.01. The van der Waals surface area contributed by atoms with E-state index in [0.29, 0.717) is 12.0 Å². The van der Waals surface area contributed by atoms with Crippen molar-refractivity contribution in [2.24, 2.45) is 5.92 Å². The molecule has 1 saturated carbocycles. The molecule has 20 heavy (non-hydrogen) atoms. The van der Waals surface area contributed by atoms with Crippen LogP contribution in [0, 0.1) is 5.92 Å². The van der Waals surface area contributed by atoms with E-state index in [1.54, 1.807) is 0 Å². The highest BCUT2D eigenvalue weighted by atomic mass is 16.6. The molecule has 0 bridgehead atoms. The summed E-state index contributed by atoms with van der Waals surface area (Å²) in [6.45, 7) is 13.7. The zero-order chi connectivity index (χ0) is 15.8. The smallest absolute Gasteiger partial charge is 0.410 e. The lowest BCUT2D eigenvalue weighted by molar-refractivity contribution is 0.0205. The summed E-state index contributed by atoms with van der Waals surface area (Å²) in [5.41, 5.74) is -0.404. The van der Waals surface area contributed by atoms with Gasteiger partial charge in [0.05, 0.1) is 0 Å². The molecule has 0 aliphatic heterocycles. The van der Waals surface area contributed by atoms with Gasteiger partial charge >= 0.3 is 6.09 Å². The Balaban J connectivity index is 0. The number of nitrogens with one attached hydrogen (secondary N) is 1. The second-order valence-electron chi connectivity index (χ2n) is 6.36. The first-order chi connectivity index (χ1) is 9.33. The van der Waals surface area contributed by atoms with Crippen LogP contribution in [-0.2, 0) is 4.74 Å². The molecule has 0 aromatic rings. The van der Waals surface area contributed by atoms with Gasteiger partial charge in [-0.2, -0.15) is 0 Å². The standard InChI is InChI=1S/C14H28N2O2.C2H6.H2/c1-11(8-9-15-5)10-16(12-6-7-12)13(17)18-14(2,3)4;1-2;/h11-12,15H,6-10H2,1-5H3;1-2H3;1H. The molecule has 1 N–H and O–H groups in total. The van der Waals surface area contributed by atoms with Crippen molar-refractivity contribution < 1.29 is 11.0 Å². The zero-order valence-corrected chi connectivity index (χ0v) is 14.5. The van der Waals surface area contributed by atoms with Gasteiger partial charge in [0.2, 0.25) is 0 Å². The van der Waals surface area contributed by atoms with Gasteiger partial charge in [-0.05, 0) is 59.5 Å². The Bertz CT molecular complexity index is 276. The lowest BCUT2D eigenvalue weighted by atomic mass is 10.1. The van der Waals surface area contributed by atoms with Gasteiger partial charge in [-0.3, -0.25) is 0 Å². The Labute approximate surface area is 126 Å². The molecular weight excluding hydrogens is 252 g/mol. The van der Waals surface area contributed by atoms with Crippen LogP contribution in [0.1, 0.15) is 62.2 Å². The average Bonchev–Trinajstić information content (AvgIpc) is 3.18. The highest BCUT2D eigenvalue weighted by Gasteiger charge is 2.35. The largest absolute Gasteiger partial charge is 0.444 e. The third-order valence-corrected chi connectivity index (χ3v) is 3.01. The first kappa shape index (κ1) is 19.2. The molecule has 1 fully saturated rings. The van der Waals surface area contributed by atoms with E-state index in [-0.39, 0.29) is 7.52 Å². The normalized spacial score (nSPS) is 15.9. The van der Waals surface area contributed by atoms with Crippen LogP contribution in [0.5, 0.6) is 0 Å². The van der Waals surface area contributed by atoms with E-state index in [9.17, 15) is 4.79 Å². The molecule has 1 rings (SSSR count). The highest BCUT2D eigenvalue weighted by Crippen LogP contribution is 2.29. The molecule has 1 aliphatic carbocycles. The van der Waals surface area contributed by atoms with Gasteiger partial charge in [-0.15, -0.1) is 0 Å². The van der Waals surface area contributed by atoms with Crippen LogP contribution in [0.15, 0.2) is 0 Å². The van der Waals surface area contributed by atoms with Crippen LogP contribution >= 0.6 is 0 Å². The number of carbonyl (C=O) groups excluding carboxylic acids is 1. The van der Waals surface area contributed by atoms with E-state index in [2.05, 4.69) is 12.2 Å².